The Morgan fingerprint density at radius 3 is 2.32 bits per heavy atom. The summed E-state index contributed by atoms with van der Waals surface area (Å²) in [6, 6.07) is 7.41. The maximum absolute atomic E-state index is 11.9. The first kappa shape index (κ1) is 13.6. The number of carbonyl (C=O) groups excluding carboxylic acids is 1. The van der Waals surface area contributed by atoms with E-state index in [0.29, 0.717) is 5.56 Å². The van der Waals surface area contributed by atoms with Crippen molar-refractivity contribution >= 4 is 11.9 Å². The fourth-order valence-electron chi connectivity index (χ4n) is 2.74. The Kier molecular flexibility index (Phi) is 3.35. The standard InChI is InChI=1S/C15H19NO3/c1-10-6-4-5-7-13(10)15(3,14(18)19)16(11(2)17)12-8-9-12/h4-7,12H,8-9H2,1-3H3,(H,18,19). The molecule has 1 aliphatic rings. The Hall–Kier alpha value is -1.84. The zero-order chi connectivity index (χ0) is 14.2. The van der Waals surface area contributed by atoms with Gasteiger partial charge in [-0.3, -0.25) is 4.79 Å². The number of carboxylic acids is 1. The summed E-state index contributed by atoms with van der Waals surface area (Å²) in [5.74, 6) is -1.17. The van der Waals surface area contributed by atoms with Gasteiger partial charge in [-0.2, -0.15) is 0 Å². The summed E-state index contributed by atoms with van der Waals surface area (Å²) in [5, 5.41) is 9.71. The summed E-state index contributed by atoms with van der Waals surface area (Å²) >= 11 is 0. The van der Waals surface area contributed by atoms with E-state index < -0.39 is 11.5 Å². The van der Waals surface area contributed by atoms with Gasteiger partial charge in [-0.15, -0.1) is 0 Å². The van der Waals surface area contributed by atoms with Crippen LogP contribution in [0.4, 0.5) is 0 Å². The number of benzene rings is 1. The molecule has 19 heavy (non-hydrogen) atoms. The van der Waals surface area contributed by atoms with E-state index in [2.05, 4.69) is 0 Å². The number of amides is 1. The predicted molar refractivity (Wildman–Crippen MR) is 71.7 cm³/mol. The van der Waals surface area contributed by atoms with Gasteiger partial charge in [-0.1, -0.05) is 24.3 Å². The van der Waals surface area contributed by atoms with E-state index in [-0.39, 0.29) is 11.9 Å². The van der Waals surface area contributed by atoms with Crippen molar-refractivity contribution in [3.8, 4) is 0 Å². The molecule has 4 nitrogen and oxygen atoms in total. The molecular formula is C15H19NO3. The fraction of sp³-hybridized carbons (Fsp3) is 0.467. The van der Waals surface area contributed by atoms with Gasteiger partial charge in [0, 0.05) is 13.0 Å². The maximum atomic E-state index is 11.9. The van der Waals surface area contributed by atoms with Crippen molar-refractivity contribution in [3.05, 3.63) is 35.4 Å². The van der Waals surface area contributed by atoms with Crippen molar-refractivity contribution in [2.75, 3.05) is 0 Å². The highest BCUT2D eigenvalue weighted by Gasteiger charge is 2.49. The van der Waals surface area contributed by atoms with Crippen molar-refractivity contribution in [2.45, 2.75) is 45.2 Å². The van der Waals surface area contributed by atoms with E-state index >= 15 is 0 Å². The molecule has 0 aliphatic heterocycles. The van der Waals surface area contributed by atoms with Crippen LogP contribution in [0, 0.1) is 6.92 Å². The molecule has 0 aromatic heterocycles. The van der Waals surface area contributed by atoms with Gasteiger partial charge in [0.1, 0.15) is 0 Å². The molecule has 0 bridgehead atoms. The van der Waals surface area contributed by atoms with Gasteiger partial charge < -0.3 is 10.0 Å². The quantitative estimate of drug-likeness (QED) is 0.904. The van der Waals surface area contributed by atoms with Crippen LogP contribution in [0.25, 0.3) is 0 Å². The molecule has 0 saturated heterocycles. The maximum Gasteiger partial charge on any atom is 0.334 e. The predicted octanol–water partition coefficient (Wildman–Crippen LogP) is 2.31. The number of carboxylic acid groups (broad SMARTS) is 1. The first-order valence-electron chi connectivity index (χ1n) is 6.48. The van der Waals surface area contributed by atoms with Crippen molar-refractivity contribution < 1.29 is 14.7 Å². The fourth-order valence-corrected chi connectivity index (χ4v) is 2.74. The van der Waals surface area contributed by atoms with Crippen molar-refractivity contribution in [2.24, 2.45) is 0 Å². The van der Waals surface area contributed by atoms with Crippen molar-refractivity contribution in [1.29, 1.82) is 0 Å². The Morgan fingerprint density at radius 1 is 1.32 bits per heavy atom. The van der Waals surface area contributed by atoms with E-state index in [1.807, 2.05) is 25.1 Å². The van der Waals surface area contributed by atoms with Gasteiger partial charge in [0.05, 0.1) is 0 Å². The number of aryl methyl sites for hydroxylation is 1. The highest BCUT2D eigenvalue weighted by molar-refractivity contribution is 5.87. The Morgan fingerprint density at radius 2 is 1.89 bits per heavy atom. The van der Waals surface area contributed by atoms with E-state index in [9.17, 15) is 14.7 Å². The molecule has 1 unspecified atom stereocenters. The summed E-state index contributed by atoms with van der Waals surface area (Å²) < 4.78 is 0. The third kappa shape index (κ3) is 2.23. The molecule has 1 saturated carbocycles. The van der Waals surface area contributed by atoms with Crippen LogP contribution in [0.3, 0.4) is 0 Å². The Labute approximate surface area is 113 Å². The lowest BCUT2D eigenvalue weighted by Crippen LogP contribution is -2.53. The largest absolute Gasteiger partial charge is 0.479 e. The number of hydrogen-bond donors (Lipinski definition) is 1. The van der Waals surface area contributed by atoms with Crippen LogP contribution in [-0.4, -0.2) is 27.9 Å². The minimum atomic E-state index is -1.29. The average molecular weight is 261 g/mol. The monoisotopic (exact) mass is 261 g/mol. The smallest absolute Gasteiger partial charge is 0.334 e. The molecule has 4 heteroatoms. The van der Waals surface area contributed by atoms with Crippen LogP contribution in [0.2, 0.25) is 0 Å². The highest BCUT2D eigenvalue weighted by Crippen LogP contribution is 2.39. The molecule has 1 N–H and O–H groups in total. The molecular weight excluding hydrogens is 242 g/mol. The number of carbonyl (C=O) groups is 2. The van der Waals surface area contributed by atoms with Crippen LogP contribution >= 0.6 is 0 Å². The summed E-state index contributed by atoms with van der Waals surface area (Å²) in [6.45, 7) is 4.94. The molecule has 1 amide bonds. The number of nitrogens with zero attached hydrogens (tertiary/aromatic N) is 1. The third-order valence-electron chi connectivity index (χ3n) is 3.82. The topological polar surface area (TPSA) is 57.6 Å². The average Bonchev–Trinajstić information content (AvgIpc) is 3.13. The van der Waals surface area contributed by atoms with E-state index in [4.69, 9.17) is 0 Å². The van der Waals surface area contributed by atoms with Crippen LogP contribution in [0.1, 0.15) is 37.8 Å². The molecule has 0 radical (unpaired) electrons. The lowest BCUT2D eigenvalue weighted by molar-refractivity contribution is -0.159. The second-order valence-corrected chi connectivity index (χ2v) is 5.31. The number of hydrogen-bond acceptors (Lipinski definition) is 2. The lowest BCUT2D eigenvalue weighted by atomic mass is 9.86. The first-order valence-corrected chi connectivity index (χ1v) is 6.48. The van der Waals surface area contributed by atoms with Crippen LogP contribution < -0.4 is 0 Å². The zero-order valence-electron chi connectivity index (χ0n) is 11.5. The molecule has 102 valence electrons. The van der Waals surface area contributed by atoms with Gasteiger partial charge in [-0.25, -0.2) is 4.79 Å². The van der Waals surface area contributed by atoms with E-state index in [0.717, 1.165) is 18.4 Å². The van der Waals surface area contributed by atoms with E-state index in [1.165, 1.54) is 11.8 Å². The summed E-state index contributed by atoms with van der Waals surface area (Å²) in [4.78, 5) is 25.3. The SMILES string of the molecule is CC(=O)N(C1CC1)C(C)(C(=O)O)c1ccccc1C. The second-order valence-electron chi connectivity index (χ2n) is 5.31. The summed E-state index contributed by atoms with van der Waals surface area (Å²) in [7, 11) is 0. The summed E-state index contributed by atoms with van der Waals surface area (Å²) in [5.41, 5.74) is 0.280. The normalized spacial score (nSPS) is 17.6. The Balaban J connectivity index is 2.57. The molecule has 1 atom stereocenters. The van der Waals surface area contributed by atoms with Gasteiger partial charge in [-0.05, 0) is 37.8 Å². The van der Waals surface area contributed by atoms with Gasteiger partial charge in [0.2, 0.25) is 5.91 Å². The minimum Gasteiger partial charge on any atom is -0.479 e. The number of rotatable bonds is 4. The van der Waals surface area contributed by atoms with Crippen LogP contribution in [0.5, 0.6) is 0 Å². The molecule has 1 aromatic carbocycles. The molecule has 0 heterocycles. The zero-order valence-corrected chi connectivity index (χ0v) is 11.5. The van der Waals surface area contributed by atoms with E-state index in [1.54, 1.807) is 13.0 Å². The molecule has 1 fully saturated rings. The summed E-state index contributed by atoms with van der Waals surface area (Å²) in [6.07, 6.45) is 1.77. The molecule has 1 aromatic rings. The minimum absolute atomic E-state index is 0.0539. The Bertz CT molecular complexity index is 522. The second kappa shape index (κ2) is 4.68. The molecule has 0 spiro atoms. The van der Waals surface area contributed by atoms with Gasteiger partial charge in [0.15, 0.2) is 5.54 Å². The first-order chi connectivity index (χ1) is 8.89. The number of aliphatic carboxylic acids is 1. The molecule has 2 rings (SSSR count). The lowest BCUT2D eigenvalue weighted by Gasteiger charge is -2.39. The third-order valence-corrected chi connectivity index (χ3v) is 3.82. The van der Waals surface area contributed by atoms with Crippen LogP contribution in [-0.2, 0) is 15.1 Å². The highest BCUT2D eigenvalue weighted by atomic mass is 16.4. The molecule has 1 aliphatic carbocycles. The van der Waals surface area contributed by atoms with Crippen molar-refractivity contribution in [3.63, 3.8) is 0 Å². The van der Waals surface area contributed by atoms with Gasteiger partial charge >= 0.3 is 5.97 Å². The van der Waals surface area contributed by atoms with Crippen LogP contribution in [0.15, 0.2) is 24.3 Å². The van der Waals surface area contributed by atoms with Gasteiger partial charge in [0.25, 0.3) is 0 Å². The van der Waals surface area contributed by atoms with Crippen molar-refractivity contribution in [1.82, 2.24) is 4.90 Å².